The molecule has 2 saturated heterocycles. The molecule has 2 aliphatic rings. The molecule has 11 heteroatoms. The number of amides is 1. The van der Waals surface area contributed by atoms with Crippen molar-refractivity contribution in [2.24, 2.45) is 0 Å². The zero-order chi connectivity index (χ0) is 28.7. The van der Waals surface area contributed by atoms with Gasteiger partial charge in [0.05, 0.1) is 41.9 Å². The lowest BCUT2D eigenvalue weighted by atomic mass is 10.1. The lowest BCUT2D eigenvalue weighted by Crippen LogP contribution is -2.38. The summed E-state index contributed by atoms with van der Waals surface area (Å²) in [5, 5.41) is 9.12. The van der Waals surface area contributed by atoms with Gasteiger partial charge in [0, 0.05) is 38.4 Å². The minimum Gasteiger partial charge on any atom is -0.452 e. The Hall–Kier alpha value is -3.46. The lowest BCUT2D eigenvalue weighted by Gasteiger charge is -2.31. The zero-order valence-corrected chi connectivity index (χ0v) is 23.9. The van der Waals surface area contributed by atoms with Crippen LogP contribution in [-0.4, -0.2) is 77.1 Å². The highest BCUT2D eigenvalue weighted by atomic mass is 32.2. The number of carbonyl (C=O) groups is 2. The SMILES string of the molecule is Cc1cc(C)cc(N(CCC#N)C(=O)COC(=O)c2cc(S(=O)(=O)N3CCCCC3)ccc2N2CCOCC2)c1. The normalized spacial score (nSPS) is 16.3. The van der Waals surface area contributed by atoms with Crippen molar-refractivity contribution in [3.05, 3.63) is 53.1 Å². The van der Waals surface area contributed by atoms with Crippen LogP contribution in [-0.2, 0) is 24.3 Å². The monoisotopic (exact) mass is 568 g/mol. The van der Waals surface area contributed by atoms with Crippen molar-refractivity contribution in [2.75, 3.05) is 62.3 Å². The number of carbonyl (C=O) groups excluding carboxylic acids is 2. The summed E-state index contributed by atoms with van der Waals surface area (Å²) in [6.45, 7) is 6.34. The average Bonchev–Trinajstić information content (AvgIpc) is 2.96. The molecule has 4 rings (SSSR count). The van der Waals surface area contributed by atoms with E-state index in [4.69, 9.17) is 14.7 Å². The van der Waals surface area contributed by atoms with Gasteiger partial charge >= 0.3 is 5.97 Å². The van der Waals surface area contributed by atoms with Gasteiger partial charge in [-0.1, -0.05) is 12.5 Å². The van der Waals surface area contributed by atoms with E-state index in [0.717, 1.165) is 30.4 Å². The molecular formula is C29H36N4O6S. The molecule has 0 aromatic heterocycles. The van der Waals surface area contributed by atoms with E-state index in [1.807, 2.05) is 36.9 Å². The summed E-state index contributed by atoms with van der Waals surface area (Å²) < 4.78 is 39.1. The van der Waals surface area contributed by atoms with Crippen LogP contribution in [0.25, 0.3) is 0 Å². The number of sulfonamides is 1. The number of nitriles is 1. The second-order valence-electron chi connectivity index (χ2n) is 10.1. The summed E-state index contributed by atoms with van der Waals surface area (Å²) in [4.78, 5) is 30.1. The van der Waals surface area contributed by atoms with Gasteiger partial charge in [0.2, 0.25) is 10.0 Å². The Morgan fingerprint density at radius 2 is 1.68 bits per heavy atom. The molecule has 0 N–H and O–H groups in total. The van der Waals surface area contributed by atoms with Gasteiger partial charge in [-0.15, -0.1) is 0 Å². The third-order valence-corrected chi connectivity index (χ3v) is 8.98. The molecule has 2 heterocycles. The molecular weight excluding hydrogens is 532 g/mol. The fourth-order valence-electron chi connectivity index (χ4n) is 5.12. The maximum Gasteiger partial charge on any atom is 0.340 e. The summed E-state index contributed by atoms with van der Waals surface area (Å²) in [5.41, 5.74) is 3.17. The summed E-state index contributed by atoms with van der Waals surface area (Å²) in [7, 11) is -3.79. The standard InChI is InChI=1S/C29H36N4O6S/c1-22-17-23(2)19-24(18-22)33(12-6-9-30)28(34)21-39-29(35)26-20-25(40(36,37)32-10-4-3-5-11-32)7-8-27(26)31-13-15-38-16-14-31/h7-8,17-20H,3-6,10-16,21H2,1-2H3. The fourth-order valence-corrected chi connectivity index (χ4v) is 6.67. The predicted molar refractivity (Wildman–Crippen MR) is 151 cm³/mol. The molecule has 0 unspecified atom stereocenters. The molecule has 2 aromatic carbocycles. The van der Waals surface area contributed by atoms with Gasteiger partial charge in [0.1, 0.15) is 0 Å². The Bertz CT molecular complexity index is 1360. The number of aryl methyl sites for hydroxylation is 2. The minimum atomic E-state index is -3.79. The van der Waals surface area contributed by atoms with Crippen LogP contribution in [0.5, 0.6) is 0 Å². The van der Waals surface area contributed by atoms with E-state index in [2.05, 4.69) is 6.07 Å². The lowest BCUT2D eigenvalue weighted by molar-refractivity contribution is -0.121. The number of anilines is 2. The van der Waals surface area contributed by atoms with Crippen molar-refractivity contribution in [2.45, 2.75) is 44.4 Å². The molecule has 214 valence electrons. The van der Waals surface area contributed by atoms with Gasteiger partial charge in [0.25, 0.3) is 5.91 Å². The first-order chi connectivity index (χ1) is 19.2. The molecule has 10 nitrogen and oxygen atoms in total. The van der Waals surface area contributed by atoms with Crippen molar-refractivity contribution < 1.29 is 27.5 Å². The second kappa shape index (κ2) is 13.3. The van der Waals surface area contributed by atoms with E-state index in [1.165, 1.54) is 21.3 Å². The Kier molecular flexibility index (Phi) is 9.79. The summed E-state index contributed by atoms with van der Waals surface area (Å²) in [6.07, 6.45) is 2.70. The topological polar surface area (TPSA) is 120 Å². The van der Waals surface area contributed by atoms with E-state index in [-0.39, 0.29) is 23.4 Å². The Labute approximate surface area is 236 Å². The van der Waals surface area contributed by atoms with Crippen LogP contribution in [0.15, 0.2) is 41.3 Å². The number of nitrogens with zero attached hydrogens (tertiary/aromatic N) is 4. The largest absolute Gasteiger partial charge is 0.452 e. The van der Waals surface area contributed by atoms with Crippen LogP contribution in [0.3, 0.4) is 0 Å². The van der Waals surface area contributed by atoms with E-state index < -0.39 is 28.5 Å². The van der Waals surface area contributed by atoms with Crippen LogP contribution in [0.1, 0.15) is 47.2 Å². The molecule has 0 spiro atoms. The van der Waals surface area contributed by atoms with E-state index in [9.17, 15) is 18.0 Å². The molecule has 0 saturated carbocycles. The van der Waals surface area contributed by atoms with Gasteiger partial charge in [0.15, 0.2) is 6.61 Å². The smallest absolute Gasteiger partial charge is 0.340 e. The van der Waals surface area contributed by atoms with Gasteiger partial charge in [-0.25, -0.2) is 13.2 Å². The molecule has 0 atom stereocenters. The highest BCUT2D eigenvalue weighted by molar-refractivity contribution is 7.89. The van der Waals surface area contributed by atoms with Crippen molar-refractivity contribution in [1.29, 1.82) is 5.26 Å². The van der Waals surface area contributed by atoms with Crippen LogP contribution in [0.2, 0.25) is 0 Å². The number of hydrogen-bond donors (Lipinski definition) is 0. The first-order valence-corrected chi connectivity index (χ1v) is 15.0. The molecule has 2 aliphatic heterocycles. The van der Waals surface area contributed by atoms with E-state index in [0.29, 0.717) is 50.8 Å². The first-order valence-electron chi connectivity index (χ1n) is 13.6. The van der Waals surface area contributed by atoms with Crippen molar-refractivity contribution in [1.82, 2.24) is 4.31 Å². The Balaban J connectivity index is 1.59. The third-order valence-electron chi connectivity index (χ3n) is 7.09. The van der Waals surface area contributed by atoms with Crippen molar-refractivity contribution >= 4 is 33.3 Å². The summed E-state index contributed by atoms with van der Waals surface area (Å²) in [6, 6.07) is 12.2. The molecule has 0 bridgehead atoms. The fraction of sp³-hybridized carbons (Fsp3) is 0.483. The highest BCUT2D eigenvalue weighted by Gasteiger charge is 2.29. The van der Waals surface area contributed by atoms with Crippen LogP contribution in [0.4, 0.5) is 11.4 Å². The summed E-state index contributed by atoms with van der Waals surface area (Å²) >= 11 is 0. The predicted octanol–water partition coefficient (Wildman–Crippen LogP) is 3.42. The third kappa shape index (κ3) is 6.99. The molecule has 2 aromatic rings. The average molecular weight is 569 g/mol. The molecule has 40 heavy (non-hydrogen) atoms. The number of esters is 1. The van der Waals surface area contributed by atoms with Crippen molar-refractivity contribution in [3.63, 3.8) is 0 Å². The first kappa shape index (κ1) is 29.5. The number of hydrogen-bond acceptors (Lipinski definition) is 8. The summed E-state index contributed by atoms with van der Waals surface area (Å²) in [5.74, 6) is -1.26. The van der Waals surface area contributed by atoms with Crippen LogP contribution in [0, 0.1) is 25.2 Å². The van der Waals surface area contributed by atoms with E-state index in [1.54, 1.807) is 6.07 Å². The maximum atomic E-state index is 13.4. The maximum absolute atomic E-state index is 13.4. The van der Waals surface area contributed by atoms with Gasteiger partial charge in [-0.3, -0.25) is 4.79 Å². The zero-order valence-electron chi connectivity index (χ0n) is 23.1. The number of rotatable bonds is 9. The molecule has 1 amide bonds. The van der Waals surface area contributed by atoms with Gasteiger partial charge in [-0.2, -0.15) is 9.57 Å². The number of ether oxygens (including phenoxy) is 2. The number of morpholine rings is 1. The van der Waals surface area contributed by atoms with Crippen LogP contribution >= 0.6 is 0 Å². The second-order valence-corrected chi connectivity index (χ2v) is 12.1. The molecule has 0 aliphatic carbocycles. The molecule has 0 radical (unpaired) electrons. The van der Waals surface area contributed by atoms with Crippen LogP contribution < -0.4 is 9.80 Å². The van der Waals surface area contributed by atoms with E-state index >= 15 is 0 Å². The van der Waals surface area contributed by atoms with Crippen molar-refractivity contribution in [3.8, 4) is 6.07 Å². The minimum absolute atomic E-state index is 0.0237. The van der Waals surface area contributed by atoms with Gasteiger partial charge in [-0.05, 0) is 68.1 Å². The molecule has 2 fully saturated rings. The highest BCUT2D eigenvalue weighted by Crippen LogP contribution is 2.29. The number of piperidine rings is 1. The van der Waals surface area contributed by atoms with Gasteiger partial charge < -0.3 is 19.3 Å². The Morgan fingerprint density at radius 1 is 1.00 bits per heavy atom. The quantitative estimate of drug-likeness (QED) is 0.422. The number of benzene rings is 2. The Morgan fingerprint density at radius 3 is 2.33 bits per heavy atom.